The Morgan fingerprint density at radius 3 is 2.67 bits per heavy atom. The third-order valence-electron chi connectivity index (χ3n) is 2.53. The first kappa shape index (κ1) is 15.8. The topological polar surface area (TPSA) is 112 Å². The van der Waals surface area contributed by atoms with E-state index in [-0.39, 0.29) is 17.1 Å². The quantitative estimate of drug-likeness (QED) is 0.762. The molecule has 21 heavy (non-hydrogen) atoms. The molecule has 0 saturated carbocycles. The highest BCUT2D eigenvalue weighted by Crippen LogP contribution is 2.29. The number of benzene rings is 1. The van der Waals surface area contributed by atoms with Crippen molar-refractivity contribution in [2.45, 2.75) is 11.4 Å². The number of halogens is 2. The Morgan fingerprint density at radius 2 is 2.10 bits per heavy atom. The number of aromatic nitrogens is 2. The lowest BCUT2D eigenvalue weighted by Crippen LogP contribution is -2.24. The van der Waals surface area contributed by atoms with E-state index in [4.69, 9.17) is 28.3 Å². The summed E-state index contributed by atoms with van der Waals surface area (Å²) in [6.07, 6.45) is 2.85. The normalized spacial score (nSPS) is 11.5. The van der Waals surface area contributed by atoms with E-state index in [1.165, 1.54) is 12.5 Å². The standard InChI is InChI=1S/C11H9Cl2N3O4S/c12-6-1-8(11(17)18)10(13)9(2-6)21(19,20)16-4-7-3-14-5-15-7/h1-3,5,16H,4H2,(H,14,15)(H,17,18). The second-order valence-electron chi connectivity index (χ2n) is 3.97. The number of nitrogens with zero attached hydrogens (tertiary/aromatic N) is 1. The maximum Gasteiger partial charge on any atom is 0.337 e. The number of hydrogen-bond donors (Lipinski definition) is 3. The lowest BCUT2D eigenvalue weighted by atomic mass is 10.2. The number of rotatable bonds is 5. The van der Waals surface area contributed by atoms with Gasteiger partial charge in [-0.25, -0.2) is 22.9 Å². The Balaban J connectivity index is 2.37. The zero-order chi connectivity index (χ0) is 15.6. The maximum absolute atomic E-state index is 12.2. The van der Waals surface area contributed by atoms with Crippen LogP contribution in [-0.2, 0) is 16.6 Å². The Morgan fingerprint density at radius 1 is 1.38 bits per heavy atom. The van der Waals surface area contributed by atoms with Gasteiger partial charge in [-0.15, -0.1) is 0 Å². The van der Waals surface area contributed by atoms with Gasteiger partial charge in [0, 0.05) is 16.9 Å². The zero-order valence-electron chi connectivity index (χ0n) is 10.3. The smallest absolute Gasteiger partial charge is 0.337 e. The second kappa shape index (κ2) is 6.02. The van der Waals surface area contributed by atoms with Crippen molar-refractivity contribution in [1.82, 2.24) is 14.7 Å². The first-order valence-electron chi connectivity index (χ1n) is 5.50. The van der Waals surface area contributed by atoms with Crippen molar-refractivity contribution >= 4 is 39.2 Å². The molecule has 0 atom stereocenters. The first-order valence-corrected chi connectivity index (χ1v) is 7.74. The molecule has 112 valence electrons. The lowest BCUT2D eigenvalue weighted by molar-refractivity contribution is 0.0697. The SMILES string of the molecule is O=C(O)c1cc(Cl)cc(S(=O)(=O)NCc2cnc[nH]2)c1Cl. The van der Waals surface area contributed by atoms with Gasteiger partial charge >= 0.3 is 5.97 Å². The second-order valence-corrected chi connectivity index (χ2v) is 6.52. The molecule has 2 rings (SSSR count). The molecule has 1 aromatic carbocycles. The number of carboxylic acids is 1. The van der Waals surface area contributed by atoms with Crippen LogP contribution in [-0.4, -0.2) is 29.5 Å². The van der Waals surface area contributed by atoms with Crippen molar-refractivity contribution < 1.29 is 18.3 Å². The molecule has 0 unspecified atom stereocenters. The predicted molar refractivity (Wildman–Crippen MR) is 76.0 cm³/mol. The highest BCUT2D eigenvalue weighted by atomic mass is 35.5. The summed E-state index contributed by atoms with van der Waals surface area (Å²) in [7, 11) is -4.02. The van der Waals surface area contributed by atoms with Gasteiger partial charge in [0.1, 0.15) is 4.90 Å². The number of sulfonamides is 1. The molecule has 1 aromatic heterocycles. The number of hydrogen-bond acceptors (Lipinski definition) is 4. The van der Waals surface area contributed by atoms with Crippen LogP contribution in [0.15, 0.2) is 29.6 Å². The van der Waals surface area contributed by atoms with Gasteiger partial charge in [0.15, 0.2) is 0 Å². The van der Waals surface area contributed by atoms with Crippen LogP contribution >= 0.6 is 23.2 Å². The highest BCUT2D eigenvalue weighted by molar-refractivity contribution is 7.89. The molecule has 0 bridgehead atoms. The Labute approximate surface area is 130 Å². The summed E-state index contributed by atoms with van der Waals surface area (Å²) in [6, 6.07) is 2.17. The fraction of sp³-hybridized carbons (Fsp3) is 0.0909. The van der Waals surface area contributed by atoms with Gasteiger partial charge in [0.05, 0.1) is 23.5 Å². The molecule has 0 amide bonds. The van der Waals surface area contributed by atoms with Crippen molar-refractivity contribution in [3.05, 3.63) is 46.0 Å². The van der Waals surface area contributed by atoms with Crippen molar-refractivity contribution in [1.29, 1.82) is 0 Å². The van der Waals surface area contributed by atoms with E-state index in [1.807, 2.05) is 0 Å². The molecular weight excluding hydrogens is 341 g/mol. The summed E-state index contributed by atoms with van der Waals surface area (Å²) in [5.41, 5.74) is 0.154. The minimum Gasteiger partial charge on any atom is -0.478 e. The summed E-state index contributed by atoms with van der Waals surface area (Å²) in [5.74, 6) is -1.37. The molecule has 0 spiro atoms. The molecular formula is C11H9Cl2N3O4S. The van der Waals surface area contributed by atoms with Gasteiger partial charge in [-0.1, -0.05) is 23.2 Å². The number of H-pyrrole nitrogens is 1. The van der Waals surface area contributed by atoms with E-state index in [2.05, 4.69) is 14.7 Å². The Bertz CT molecular complexity index is 775. The minimum atomic E-state index is -4.02. The van der Waals surface area contributed by atoms with Crippen LogP contribution in [0.5, 0.6) is 0 Å². The molecule has 0 fully saturated rings. The number of carbonyl (C=O) groups is 1. The Kier molecular flexibility index (Phi) is 4.52. The average molecular weight is 350 g/mol. The molecule has 10 heteroatoms. The van der Waals surface area contributed by atoms with Gasteiger partial charge in [0.2, 0.25) is 10.0 Å². The molecule has 0 radical (unpaired) electrons. The van der Waals surface area contributed by atoms with Crippen LogP contribution in [0.3, 0.4) is 0 Å². The first-order chi connectivity index (χ1) is 9.81. The number of imidazole rings is 1. The summed E-state index contributed by atoms with van der Waals surface area (Å²) in [6.45, 7) is -0.0480. The molecule has 0 saturated heterocycles. The molecule has 1 heterocycles. The van der Waals surface area contributed by atoms with Crippen LogP contribution in [0.1, 0.15) is 16.1 Å². The minimum absolute atomic E-state index is 0.0429. The van der Waals surface area contributed by atoms with Crippen molar-refractivity contribution in [2.24, 2.45) is 0 Å². The van der Waals surface area contributed by atoms with Crippen LogP contribution in [0.2, 0.25) is 10.0 Å². The third-order valence-corrected chi connectivity index (χ3v) is 4.69. The number of carboxylic acid groups (broad SMARTS) is 1. The van der Waals surface area contributed by atoms with E-state index in [1.54, 1.807) is 0 Å². The number of nitrogens with one attached hydrogen (secondary N) is 2. The summed E-state index contributed by atoms with van der Waals surface area (Å²) < 4.78 is 26.7. The predicted octanol–water partition coefficient (Wildman–Crippen LogP) is 1.89. The fourth-order valence-corrected chi connectivity index (χ4v) is 3.45. The van der Waals surface area contributed by atoms with Crippen molar-refractivity contribution in [2.75, 3.05) is 0 Å². The molecule has 2 aromatic rings. The molecule has 0 aliphatic rings. The van der Waals surface area contributed by atoms with Crippen LogP contribution in [0.4, 0.5) is 0 Å². The zero-order valence-corrected chi connectivity index (χ0v) is 12.6. The van der Waals surface area contributed by atoms with Gasteiger partial charge < -0.3 is 10.1 Å². The fourth-order valence-electron chi connectivity index (χ4n) is 1.55. The van der Waals surface area contributed by atoms with Gasteiger partial charge in [-0.05, 0) is 12.1 Å². The van der Waals surface area contributed by atoms with E-state index >= 15 is 0 Å². The van der Waals surface area contributed by atoms with Crippen LogP contribution in [0.25, 0.3) is 0 Å². The summed E-state index contributed by atoms with van der Waals surface area (Å²) in [5, 5.41) is 8.55. The van der Waals surface area contributed by atoms with Crippen molar-refractivity contribution in [3.8, 4) is 0 Å². The molecule has 7 nitrogen and oxygen atoms in total. The van der Waals surface area contributed by atoms with Crippen LogP contribution < -0.4 is 4.72 Å². The number of aromatic amines is 1. The van der Waals surface area contributed by atoms with Gasteiger partial charge in [-0.3, -0.25) is 0 Å². The summed E-state index contributed by atoms with van der Waals surface area (Å²) >= 11 is 11.6. The van der Waals surface area contributed by atoms with Crippen LogP contribution in [0, 0.1) is 0 Å². The third kappa shape index (κ3) is 3.53. The molecule has 0 aliphatic heterocycles. The molecule has 3 N–H and O–H groups in total. The van der Waals surface area contributed by atoms with Gasteiger partial charge in [0.25, 0.3) is 0 Å². The van der Waals surface area contributed by atoms with E-state index in [9.17, 15) is 13.2 Å². The van der Waals surface area contributed by atoms with Gasteiger partial charge in [-0.2, -0.15) is 0 Å². The lowest BCUT2D eigenvalue weighted by Gasteiger charge is -2.10. The Hall–Kier alpha value is -1.61. The van der Waals surface area contributed by atoms with E-state index in [0.717, 1.165) is 12.1 Å². The highest BCUT2D eigenvalue weighted by Gasteiger charge is 2.23. The largest absolute Gasteiger partial charge is 0.478 e. The number of aromatic carboxylic acids is 1. The molecule has 0 aliphatic carbocycles. The average Bonchev–Trinajstić information content (AvgIpc) is 2.91. The van der Waals surface area contributed by atoms with E-state index < -0.39 is 25.9 Å². The summed E-state index contributed by atoms with van der Waals surface area (Å²) in [4.78, 5) is 17.1. The monoisotopic (exact) mass is 349 g/mol. The van der Waals surface area contributed by atoms with E-state index in [0.29, 0.717) is 5.69 Å². The van der Waals surface area contributed by atoms with Crippen molar-refractivity contribution in [3.63, 3.8) is 0 Å². The maximum atomic E-state index is 12.2.